The number of esters is 1. The molecule has 4 nitrogen and oxygen atoms in total. The van der Waals surface area contributed by atoms with Crippen molar-refractivity contribution in [2.75, 3.05) is 20.3 Å². The third-order valence-electron chi connectivity index (χ3n) is 4.12. The molecule has 0 N–H and O–H groups in total. The van der Waals surface area contributed by atoms with Gasteiger partial charge in [-0.25, -0.2) is 4.79 Å². The minimum absolute atomic E-state index is 0.140. The molecule has 3 aromatic carbocycles. The maximum absolute atomic E-state index is 12.8. The second kappa shape index (κ2) is 10.5. The minimum Gasteiger partial charge on any atom is -0.496 e. The monoisotopic (exact) mass is 452 g/mol. The topological polar surface area (TPSA) is 44.8 Å². The Hall–Kier alpha value is -3.05. The van der Waals surface area contributed by atoms with E-state index in [1.165, 1.54) is 0 Å². The van der Waals surface area contributed by atoms with E-state index < -0.39 is 5.97 Å². The van der Waals surface area contributed by atoms with E-state index in [0.29, 0.717) is 17.1 Å². The van der Waals surface area contributed by atoms with E-state index in [0.717, 1.165) is 15.6 Å². The lowest BCUT2D eigenvalue weighted by atomic mass is 10.0. The first-order valence-electron chi connectivity index (χ1n) is 9.13. The molecule has 0 bridgehead atoms. The molecule has 0 heterocycles. The molecule has 0 atom stereocenters. The van der Waals surface area contributed by atoms with Crippen molar-refractivity contribution in [1.82, 2.24) is 0 Å². The number of benzene rings is 3. The molecular formula is C24H21BrO4. The lowest BCUT2D eigenvalue weighted by Gasteiger charge is -2.11. The van der Waals surface area contributed by atoms with Gasteiger partial charge in [0, 0.05) is 10.0 Å². The number of ether oxygens (including phenoxy) is 3. The van der Waals surface area contributed by atoms with Crippen molar-refractivity contribution >= 4 is 33.5 Å². The van der Waals surface area contributed by atoms with E-state index >= 15 is 0 Å². The summed E-state index contributed by atoms with van der Waals surface area (Å²) in [5, 5.41) is 0. The van der Waals surface area contributed by atoms with Gasteiger partial charge in [-0.15, -0.1) is 0 Å². The third kappa shape index (κ3) is 5.96. The Kier molecular flexibility index (Phi) is 7.47. The molecule has 3 aromatic rings. The number of hydrogen-bond acceptors (Lipinski definition) is 4. The summed E-state index contributed by atoms with van der Waals surface area (Å²) in [7, 11) is 1.60. The summed E-state index contributed by atoms with van der Waals surface area (Å²) < 4.78 is 17.4. The molecule has 148 valence electrons. The van der Waals surface area contributed by atoms with Crippen LogP contribution in [0.5, 0.6) is 11.5 Å². The normalized spacial score (nSPS) is 11.0. The molecule has 0 amide bonds. The summed E-state index contributed by atoms with van der Waals surface area (Å²) in [5.41, 5.74) is 2.03. The van der Waals surface area contributed by atoms with Crippen LogP contribution in [0.3, 0.4) is 0 Å². The SMILES string of the molecule is COc1ccccc1C=C(C(=O)OCCOc1cccc(Br)c1)c1ccccc1. The summed E-state index contributed by atoms with van der Waals surface area (Å²) in [6, 6.07) is 24.5. The molecule has 29 heavy (non-hydrogen) atoms. The predicted molar refractivity (Wildman–Crippen MR) is 118 cm³/mol. The van der Waals surface area contributed by atoms with E-state index in [1.807, 2.05) is 78.9 Å². The molecule has 0 saturated heterocycles. The van der Waals surface area contributed by atoms with Crippen LogP contribution in [0, 0.1) is 0 Å². The molecule has 0 aliphatic rings. The number of hydrogen-bond donors (Lipinski definition) is 0. The highest BCUT2D eigenvalue weighted by molar-refractivity contribution is 9.10. The quantitative estimate of drug-likeness (QED) is 0.192. The van der Waals surface area contributed by atoms with Crippen molar-refractivity contribution in [1.29, 1.82) is 0 Å². The van der Waals surface area contributed by atoms with Gasteiger partial charge in [0.25, 0.3) is 0 Å². The highest BCUT2D eigenvalue weighted by Crippen LogP contribution is 2.25. The second-order valence-corrected chi connectivity index (χ2v) is 7.02. The molecule has 3 rings (SSSR count). The van der Waals surface area contributed by atoms with Gasteiger partial charge in [0.1, 0.15) is 24.7 Å². The van der Waals surface area contributed by atoms with Gasteiger partial charge in [-0.3, -0.25) is 0 Å². The molecule has 0 aliphatic carbocycles. The number of rotatable bonds is 8. The van der Waals surface area contributed by atoms with Crippen molar-refractivity contribution in [2.45, 2.75) is 0 Å². The van der Waals surface area contributed by atoms with Crippen LogP contribution >= 0.6 is 15.9 Å². The number of para-hydroxylation sites is 1. The maximum Gasteiger partial charge on any atom is 0.338 e. The molecule has 0 aliphatic heterocycles. The number of methoxy groups -OCH3 is 1. The van der Waals surface area contributed by atoms with E-state index in [1.54, 1.807) is 13.2 Å². The van der Waals surface area contributed by atoms with Crippen molar-refractivity contribution in [3.8, 4) is 11.5 Å². The number of carbonyl (C=O) groups is 1. The Morgan fingerprint density at radius 1 is 0.931 bits per heavy atom. The van der Waals surface area contributed by atoms with Crippen molar-refractivity contribution in [2.24, 2.45) is 0 Å². The molecule has 0 saturated carbocycles. The maximum atomic E-state index is 12.8. The van der Waals surface area contributed by atoms with E-state index in [-0.39, 0.29) is 13.2 Å². The largest absolute Gasteiger partial charge is 0.496 e. The summed E-state index contributed by atoms with van der Waals surface area (Å²) >= 11 is 3.40. The van der Waals surface area contributed by atoms with Gasteiger partial charge < -0.3 is 14.2 Å². The molecule has 0 spiro atoms. The fourth-order valence-corrected chi connectivity index (χ4v) is 3.13. The fourth-order valence-electron chi connectivity index (χ4n) is 2.75. The summed E-state index contributed by atoms with van der Waals surface area (Å²) in [6.45, 7) is 0.403. The van der Waals surface area contributed by atoms with E-state index in [4.69, 9.17) is 14.2 Å². The first kappa shape index (κ1) is 20.7. The summed E-state index contributed by atoms with van der Waals surface area (Å²) in [6.07, 6.45) is 1.78. The van der Waals surface area contributed by atoms with Crippen molar-refractivity contribution in [3.63, 3.8) is 0 Å². The molecular weight excluding hydrogens is 432 g/mol. The lowest BCUT2D eigenvalue weighted by molar-refractivity contribution is -0.137. The van der Waals surface area contributed by atoms with Gasteiger partial charge >= 0.3 is 5.97 Å². The molecule has 0 fully saturated rings. The van der Waals surface area contributed by atoms with Crippen LogP contribution in [0.4, 0.5) is 0 Å². The summed E-state index contributed by atoms with van der Waals surface area (Å²) in [5.74, 6) is 0.981. The predicted octanol–water partition coefficient (Wildman–Crippen LogP) is 5.62. The first-order valence-corrected chi connectivity index (χ1v) is 9.92. The minimum atomic E-state index is -0.417. The van der Waals surface area contributed by atoms with Gasteiger partial charge in [-0.1, -0.05) is 70.5 Å². The van der Waals surface area contributed by atoms with Crippen LogP contribution in [0.25, 0.3) is 11.6 Å². The standard InChI is InChI=1S/C24H21BrO4/c1-27-23-13-6-5-10-19(23)16-22(18-8-3-2-4-9-18)24(26)29-15-14-28-21-12-7-11-20(25)17-21/h2-13,16-17H,14-15H2,1H3. The fraction of sp³-hybridized carbons (Fsp3) is 0.125. The van der Waals surface area contributed by atoms with Crippen LogP contribution in [-0.4, -0.2) is 26.3 Å². The number of carbonyl (C=O) groups excluding carboxylic acids is 1. The zero-order chi connectivity index (χ0) is 20.5. The lowest BCUT2D eigenvalue weighted by Crippen LogP contribution is -2.13. The summed E-state index contributed by atoms with van der Waals surface area (Å²) in [4.78, 5) is 12.8. The van der Waals surface area contributed by atoms with Gasteiger partial charge in [-0.2, -0.15) is 0 Å². The zero-order valence-corrected chi connectivity index (χ0v) is 17.6. The van der Waals surface area contributed by atoms with Gasteiger partial charge in [0.15, 0.2) is 0 Å². The first-order chi connectivity index (χ1) is 14.2. The van der Waals surface area contributed by atoms with Crippen LogP contribution in [0.15, 0.2) is 83.3 Å². The van der Waals surface area contributed by atoms with E-state index in [2.05, 4.69) is 15.9 Å². The van der Waals surface area contributed by atoms with Gasteiger partial charge in [0.2, 0.25) is 0 Å². The second-order valence-electron chi connectivity index (χ2n) is 6.11. The van der Waals surface area contributed by atoms with Gasteiger partial charge in [0.05, 0.1) is 12.7 Å². The molecule has 5 heteroatoms. The van der Waals surface area contributed by atoms with Crippen LogP contribution < -0.4 is 9.47 Å². The van der Waals surface area contributed by atoms with E-state index in [9.17, 15) is 4.79 Å². The van der Waals surface area contributed by atoms with Crippen LogP contribution in [0.1, 0.15) is 11.1 Å². The molecule has 0 radical (unpaired) electrons. The Balaban J connectivity index is 1.72. The average molecular weight is 453 g/mol. The van der Waals surface area contributed by atoms with Gasteiger partial charge in [-0.05, 0) is 35.9 Å². The number of halogens is 1. The molecule has 0 aromatic heterocycles. The van der Waals surface area contributed by atoms with Crippen molar-refractivity contribution in [3.05, 3.63) is 94.5 Å². The van der Waals surface area contributed by atoms with Crippen LogP contribution in [-0.2, 0) is 9.53 Å². The Bertz CT molecular complexity index is 983. The third-order valence-corrected chi connectivity index (χ3v) is 4.62. The van der Waals surface area contributed by atoms with Crippen LogP contribution in [0.2, 0.25) is 0 Å². The Morgan fingerprint density at radius 2 is 1.69 bits per heavy atom. The molecule has 0 unspecified atom stereocenters. The highest BCUT2D eigenvalue weighted by Gasteiger charge is 2.15. The smallest absolute Gasteiger partial charge is 0.338 e. The Labute approximate surface area is 178 Å². The highest BCUT2D eigenvalue weighted by atomic mass is 79.9. The average Bonchev–Trinajstić information content (AvgIpc) is 2.76. The van der Waals surface area contributed by atoms with Crippen molar-refractivity contribution < 1.29 is 19.0 Å². The Morgan fingerprint density at radius 3 is 2.45 bits per heavy atom. The zero-order valence-electron chi connectivity index (χ0n) is 16.0.